The van der Waals surface area contributed by atoms with Crippen molar-refractivity contribution < 1.29 is 4.79 Å². The van der Waals surface area contributed by atoms with E-state index in [1.807, 2.05) is 31.3 Å². The summed E-state index contributed by atoms with van der Waals surface area (Å²) in [7, 11) is 1.86. The monoisotopic (exact) mass is 234 g/mol. The molecule has 0 saturated carbocycles. The lowest BCUT2D eigenvalue weighted by atomic mass is 10.1. The van der Waals surface area contributed by atoms with Gasteiger partial charge in [-0.1, -0.05) is 6.92 Å². The first kappa shape index (κ1) is 13.6. The maximum absolute atomic E-state index is 12.1. The largest absolute Gasteiger partial charge is 0.385 e. The van der Waals surface area contributed by atoms with E-state index < -0.39 is 0 Å². The second-order valence-corrected chi connectivity index (χ2v) is 4.28. The molecule has 94 valence electrons. The summed E-state index contributed by atoms with van der Waals surface area (Å²) in [6, 6.07) is 7.91. The number of anilines is 1. The van der Waals surface area contributed by atoms with Crippen LogP contribution >= 0.6 is 0 Å². The fourth-order valence-corrected chi connectivity index (χ4v) is 1.61. The zero-order chi connectivity index (χ0) is 12.8. The number of carbonyl (C=O) groups excluding carboxylic acids is 1. The third-order valence-corrected chi connectivity index (χ3v) is 3.09. The maximum Gasteiger partial charge on any atom is 0.253 e. The Morgan fingerprint density at radius 3 is 2.35 bits per heavy atom. The summed E-state index contributed by atoms with van der Waals surface area (Å²) in [4.78, 5) is 13.9. The van der Waals surface area contributed by atoms with Gasteiger partial charge in [-0.25, -0.2) is 0 Å². The molecule has 0 spiro atoms. The molecule has 0 aromatic heterocycles. The number of hydrogen-bond acceptors (Lipinski definition) is 2. The quantitative estimate of drug-likeness (QED) is 0.849. The molecule has 0 radical (unpaired) electrons. The van der Waals surface area contributed by atoms with Crippen molar-refractivity contribution in [1.29, 1.82) is 0 Å². The van der Waals surface area contributed by atoms with Crippen molar-refractivity contribution in [3.8, 4) is 0 Å². The van der Waals surface area contributed by atoms with Crippen molar-refractivity contribution in [1.82, 2.24) is 4.90 Å². The highest BCUT2D eigenvalue weighted by Crippen LogP contribution is 2.12. The van der Waals surface area contributed by atoms with Crippen LogP contribution in [0, 0.1) is 0 Å². The molecule has 0 saturated heterocycles. The van der Waals surface area contributed by atoms with E-state index in [4.69, 9.17) is 0 Å². The number of nitrogens with one attached hydrogen (secondary N) is 1. The smallest absolute Gasteiger partial charge is 0.253 e. The summed E-state index contributed by atoms with van der Waals surface area (Å²) in [6.45, 7) is 7.09. The Hall–Kier alpha value is -1.51. The van der Waals surface area contributed by atoms with E-state index in [1.54, 1.807) is 4.90 Å². The minimum absolute atomic E-state index is 0.0856. The molecule has 0 aliphatic rings. The van der Waals surface area contributed by atoms with Gasteiger partial charge in [0.1, 0.15) is 0 Å². The first-order chi connectivity index (χ1) is 8.10. The van der Waals surface area contributed by atoms with Crippen molar-refractivity contribution in [2.24, 2.45) is 0 Å². The van der Waals surface area contributed by atoms with Gasteiger partial charge in [0.2, 0.25) is 0 Å². The van der Waals surface area contributed by atoms with Crippen LogP contribution in [0.3, 0.4) is 0 Å². The zero-order valence-electron chi connectivity index (χ0n) is 11.2. The highest BCUT2D eigenvalue weighted by molar-refractivity contribution is 5.94. The highest BCUT2D eigenvalue weighted by atomic mass is 16.2. The molecule has 0 bridgehead atoms. The Kier molecular flexibility index (Phi) is 5.01. The first-order valence-electron chi connectivity index (χ1n) is 6.21. The molecule has 0 fully saturated rings. The Bertz CT molecular complexity index is 359. The summed E-state index contributed by atoms with van der Waals surface area (Å²) in [5.41, 5.74) is 1.80. The van der Waals surface area contributed by atoms with E-state index in [0.29, 0.717) is 0 Å². The maximum atomic E-state index is 12.1. The van der Waals surface area contributed by atoms with E-state index in [0.717, 1.165) is 24.2 Å². The van der Waals surface area contributed by atoms with Crippen molar-refractivity contribution in [2.45, 2.75) is 33.2 Å². The van der Waals surface area contributed by atoms with Crippen LogP contribution in [-0.4, -0.2) is 30.4 Å². The van der Waals surface area contributed by atoms with Gasteiger partial charge in [0.05, 0.1) is 0 Å². The van der Waals surface area contributed by atoms with Gasteiger partial charge in [-0.05, 0) is 44.5 Å². The molecule has 1 atom stereocenters. The fourth-order valence-electron chi connectivity index (χ4n) is 1.61. The van der Waals surface area contributed by atoms with E-state index in [9.17, 15) is 4.79 Å². The minimum atomic E-state index is 0.0856. The molecule has 1 aromatic rings. The Balaban J connectivity index is 2.75. The summed E-state index contributed by atoms with van der Waals surface area (Å²) in [5, 5.41) is 3.21. The molecule has 3 heteroatoms. The third kappa shape index (κ3) is 3.48. The predicted octanol–water partition coefficient (Wildman–Crippen LogP) is 2.99. The molecule has 0 aliphatic heterocycles. The number of benzene rings is 1. The molecule has 0 aliphatic carbocycles. The summed E-state index contributed by atoms with van der Waals surface area (Å²) >= 11 is 0. The molecule has 1 unspecified atom stereocenters. The molecule has 1 amide bonds. The highest BCUT2D eigenvalue weighted by Gasteiger charge is 2.15. The molecule has 3 nitrogen and oxygen atoms in total. The van der Waals surface area contributed by atoms with Crippen LogP contribution in [0.25, 0.3) is 0 Å². The number of rotatable bonds is 5. The van der Waals surface area contributed by atoms with Gasteiger partial charge < -0.3 is 10.2 Å². The van der Waals surface area contributed by atoms with Crippen molar-refractivity contribution in [3.05, 3.63) is 29.8 Å². The second-order valence-electron chi connectivity index (χ2n) is 4.28. The summed E-state index contributed by atoms with van der Waals surface area (Å²) in [5.74, 6) is 0.0856. The predicted molar refractivity (Wildman–Crippen MR) is 72.5 cm³/mol. The van der Waals surface area contributed by atoms with Gasteiger partial charge in [0, 0.05) is 30.9 Å². The Labute approximate surface area is 104 Å². The van der Waals surface area contributed by atoms with Crippen LogP contribution in [0.5, 0.6) is 0 Å². The Morgan fingerprint density at radius 2 is 1.88 bits per heavy atom. The molecule has 0 heterocycles. The van der Waals surface area contributed by atoms with Gasteiger partial charge in [-0.3, -0.25) is 4.79 Å². The third-order valence-electron chi connectivity index (χ3n) is 3.09. The summed E-state index contributed by atoms with van der Waals surface area (Å²) in [6.07, 6.45) is 0.970. The molecular weight excluding hydrogens is 212 g/mol. The van der Waals surface area contributed by atoms with E-state index in [2.05, 4.69) is 26.1 Å². The minimum Gasteiger partial charge on any atom is -0.385 e. The van der Waals surface area contributed by atoms with Crippen LogP contribution in [0.4, 0.5) is 5.69 Å². The average molecular weight is 234 g/mol. The molecule has 1 aromatic carbocycles. The second kappa shape index (κ2) is 6.28. The van der Waals surface area contributed by atoms with Crippen LogP contribution in [0.15, 0.2) is 24.3 Å². The van der Waals surface area contributed by atoms with E-state index >= 15 is 0 Å². The number of nitrogens with zero attached hydrogens (tertiary/aromatic N) is 1. The molecular formula is C14H22N2O. The molecule has 1 rings (SSSR count). The molecule has 17 heavy (non-hydrogen) atoms. The molecule has 1 N–H and O–H groups in total. The van der Waals surface area contributed by atoms with Crippen molar-refractivity contribution in [2.75, 3.05) is 18.9 Å². The number of amides is 1. The van der Waals surface area contributed by atoms with Crippen LogP contribution in [0.1, 0.15) is 37.6 Å². The van der Waals surface area contributed by atoms with Crippen molar-refractivity contribution in [3.63, 3.8) is 0 Å². The van der Waals surface area contributed by atoms with Gasteiger partial charge in [-0.2, -0.15) is 0 Å². The van der Waals surface area contributed by atoms with Crippen LogP contribution in [0.2, 0.25) is 0 Å². The fraction of sp³-hybridized carbons (Fsp3) is 0.500. The number of hydrogen-bond donors (Lipinski definition) is 1. The van der Waals surface area contributed by atoms with Gasteiger partial charge in [0.15, 0.2) is 0 Å². The van der Waals surface area contributed by atoms with Crippen LogP contribution in [-0.2, 0) is 0 Å². The van der Waals surface area contributed by atoms with Crippen molar-refractivity contribution >= 4 is 11.6 Å². The van der Waals surface area contributed by atoms with Gasteiger partial charge >= 0.3 is 0 Å². The van der Waals surface area contributed by atoms with Crippen LogP contribution < -0.4 is 5.32 Å². The van der Waals surface area contributed by atoms with E-state index in [-0.39, 0.29) is 11.9 Å². The normalized spacial score (nSPS) is 12.0. The zero-order valence-corrected chi connectivity index (χ0v) is 11.2. The SMILES string of the molecule is CCNc1ccc(C(=O)N(C)C(C)CC)cc1. The Morgan fingerprint density at radius 1 is 1.29 bits per heavy atom. The standard InChI is InChI=1S/C14H22N2O/c1-5-11(3)16(4)14(17)12-7-9-13(10-8-12)15-6-2/h7-11,15H,5-6H2,1-4H3. The topological polar surface area (TPSA) is 32.3 Å². The lowest BCUT2D eigenvalue weighted by molar-refractivity contribution is 0.0740. The van der Waals surface area contributed by atoms with Gasteiger partial charge in [-0.15, -0.1) is 0 Å². The lowest BCUT2D eigenvalue weighted by Crippen LogP contribution is -2.34. The number of carbonyl (C=O) groups is 1. The summed E-state index contributed by atoms with van der Waals surface area (Å²) < 4.78 is 0. The van der Waals surface area contributed by atoms with E-state index in [1.165, 1.54) is 0 Å². The lowest BCUT2D eigenvalue weighted by Gasteiger charge is -2.23. The average Bonchev–Trinajstić information content (AvgIpc) is 2.37. The first-order valence-corrected chi connectivity index (χ1v) is 6.21. The van der Waals surface area contributed by atoms with Gasteiger partial charge in [0.25, 0.3) is 5.91 Å².